The predicted octanol–water partition coefficient (Wildman–Crippen LogP) is 8.09. The fourth-order valence-electron chi connectivity index (χ4n) is 4.18. The van der Waals surface area contributed by atoms with Crippen LogP contribution in [-0.2, 0) is 6.18 Å². The van der Waals surface area contributed by atoms with Gasteiger partial charge in [0.05, 0.1) is 12.7 Å². The van der Waals surface area contributed by atoms with E-state index in [1.54, 1.807) is 6.07 Å². The van der Waals surface area contributed by atoms with E-state index in [9.17, 15) is 17.6 Å². The van der Waals surface area contributed by atoms with Crippen LogP contribution in [0.15, 0.2) is 78.9 Å². The van der Waals surface area contributed by atoms with E-state index in [4.69, 9.17) is 4.74 Å². The molecular formula is C28H25F4NO. The average molecular weight is 468 g/mol. The molecule has 2 nitrogen and oxygen atoms in total. The van der Waals surface area contributed by atoms with Crippen molar-refractivity contribution in [1.29, 1.82) is 0 Å². The van der Waals surface area contributed by atoms with Gasteiger partial charge in [-0.25, -0.2) is 4.39 Å². The number of fused-ring (bicyclic) bond motifs is 1. The standard InChI is InChI=1S/C28H25F4NO/c1-17(33-18(2)22-13-24(29)16-25(14-22)34-3)21-12-20-6-4-5-7-26(20)27(15-21)19-8-10-23(11-9-19)28(30,31)32/h4-18,33H,1-3H3. The molecular weight excluding hydrogens is 442 g/mol. The number of nitrogens with one attached hydrogen (secondary N) is 1. The van der Waals surface area contributed by atoms with Crippen LogP contribution in [-0.4, -0.2) is 7.11 Å². The van der Waals surface area contributed by atoms with Gasteiger partial charge in [-0.1, -0.05) is 36.4 Å². The number of ether oxygens (including phenoxy) is 1. The van der Waals surface area contributed by atoms with Gasteiger partial charge in [-0.05, 0) is 83.3 Å². The number of benzene rings is 4. The number of alkyl halides is 3. The van der Waals surface area contributed by atoms with Crippen LogP contribution in [0.1, 0.15) is 42.6 Å². The number of methoxy groups -OCH3 is 1. The van der Waals surface area contributed by atoms with E-state index in [0.29, 0.717) is 11.3 Å². The Bertz CT molecular complexity index is 1300. The Hall–Kier alpha value is -3.38. The molecule has 0 heterocycles. The van der Waals surface area contributed by atoms with E-state index in [-0.39, 0.29) is 17.9 Å². The summed E-state index contributed by atoms with van der Waals surface area (Å²) in [4.78, 5) is 0. The first-order valence-corrected chi connectivity index (χ1v) is 11.0. The minimum atomic E-state index is -4.38. The van der Waals surface area contributed by atoms with Crippen molar-refractivity contribution in [2.24, 2.45) is 0 Å². The summed E-state index contributed by atoms with van der Waals surface area (Å²) in [6, 6.07) is 21.4. The van der Waals surface area contributed by atoms with E-state index in [2.05, 4.69) is 11.4 Å². The van der Waals surface area contributed by atoms with Crippen molar-refractivity contribution in [3.05, 3.63) is 101 Å². The topological polar surface area (TPSA) is 21.3 Å². The lowest BCUT2D eigenvalue weighted by atomic mass is 9.92. The number of rotatable bonds is 6. The zero-order valence-corrected chi connectivity index (χ0v) is 19.1. The first kappa shape index (κ1) is 23.8. The molecule has 0 bridgehead atoms. The Morgan fingerprint density at radius 1 is 0.794 bits per heavy atom. The SMILES string of the molecule is COc1cc(F)cc(C(C)NC(C)c2cc(-c3ccc(C(F)(F)F)cc3)c3ccccc3c2)c1. The van der Waals surface area contributed by atoms with Crippen molar-refractivity contribution < 1.29 is 22.3 Å². The van der Waals surface area contributed by atoms with Gasteiger partial charge in [0, 0.05) is 18.2 Å². The summed E-state index contributed by atoms with van der Waals surface area (Å²) in [5.74, 6) is 0.0811. The third-order valence-corrected chi connectivity index (χ3v) is 6.04. The second-order valence-corrected chi connectivity index (χ2v) is 8.40. The summed E-state index contributed by atoms with van der Waals surface area (Å²) in [5, 5.41) is 5.44. The highest BCUT2D eigenvalue weighted by Crippen LogP contribution is 2.35. The van der Waals surface area contributed by atoms with Crippen LogP contribution in [0, 0.1) is 5.82 Å². The molecule has 4 rings (SSSR count). The maximum absolute atomic E-state index is 14.0. The molecule has 0 aromatic heterocycles. The number of halogens is 4. The normalized spacial score (nSPS) is 13.6. The zero-order chi connectivity index (χ0) is 24.5. The molecule has 0 amide bonds. The molecule has 4 aromatic carbocycles. The van der Waals surface area contributed by atoms with Gasteiger partial charge in [-0.2, -0.15) is 13.2 Å². The van der Waals surface area contributed by atoms with Crippen LogP contribution in [0.5, 0.6) is 5.75 Å². The molecule has 0 saturated heterocycles. The van der Waals surface area contributed by atoms with Crippen LogP contribution in [0.3, 0.4) is 0 Å². The van der Waals surface area contributed by atoms with Gasteiger partial charge in [0.25, 0.3) is 0 Å². The monoisotopic (exact) mass is 467 g/mol. The third kappa shape index (κ3) is 5.07. The molecule has 0 aliphatic carbocycles. The third-order valence-electron chi connectivity index (χ3n) is 6.04. The van der Waals surface area contributed by atoms with Gasteiger partial charge < -0.3 is 10.1 Å². The minimum Gasteiger partial charge on any atom is -0.497 e. The largest absolute Gasteiger partial charge is 0.497 e. The van der Waals surface area contributed by atoms with E-state index >= 15 is 0 Å². The molecule has 2 unspecified atom stereocenters. The maximum atomic E-state index is 14.0. The highest BCUT2D eigenvalue weighted by atomic mass is 19.4. The van der Waals surface area contributed by atoms with Crippen LogP contribution in [0.25, 0.3) is 21.9 Å². The van der Waals surface area contributed by atoms with Crippen molar-refractivity contribution in [1.82, 2.24) is 5.32 Å². The van der Waals surface area contributed by atoms with Gasteiger partial charge in [0.2, 0.25) is 0 Å². The molecule has 0 fully saturated rings. The Labute approximate surface area is 196 Å². The summed E-state index contributed by atoms with van der Waals surface area (Å²) in [6.45, 7) is 3.95. The van der Waals surface area contributed by atoms with Crippen molar-refractivity contribution in [3.63, 3.8) is 0 Å². The highest BCUT2D eigenvalue weighted by Gasteiger charge is 2.30. The maximum Gasteiger partial charge on any atom is 0.416 e. The fraction of sp³-hybridized carbons (Fsp3) is 0.214. The Balaban J connectivity index is 1.69. The number of hydrogen-bond donors (Lipinski definition) is 1. The van der Waals surface area contributed by atoms with Crippen molar-refractivity contribution >= 4 is 10.8 Å². The fourth-order valence-corrected chi connectivity index (χ4v) is 4.18. The number of hydrogen-bond acceptors (Lipinski definition) is 2. The Kier molecular flexibility index (Phi) is 6.62. The van der Waals surface area contributed by atoms with E-state index in [1.165, 1.54) is 31.4 Å². The molecule has 0 spiro atoms. The summed E-state index contributed by atoms with van der Waals surface area (Å²) in [5.41, 5.74) is 2.62. The highest BCUT2D eigenvalue weighted by molar-refractivity contribution is 5.97. The summed E-state index contributed by atoms with van der Waals surface area (Å²) >= 11 is 0. The predicted molar refractivity (Wildman–Crippen MR) is 127 cm³/mol. The van der Waals surface area contributed by atoms with Crippen LogP contribution in [0.4, 0.5) is 17.6 Å². The first-order valence-electron chi connectivity index (χ1n) is 11.0. The van der Waals surface area contributed by atoms with Gasteiger partial charge >= 0.3 is 6.18 Å². The lowest BCUT2D eigenvalue weighted by Crippen LogP contribution is -2.22. The lowest BCUT2D eigenvalue weighted by molar-refractivity contribution is -0.137. The molecule has 1 N–H and O–H groups in total. The molecule has 176 valence electrons. The second kappa shape index (κ2) is 9.47. The van der Waals surface area contributed by atoms with Gasteiger partial charge in [-0.3, -0.25) is 0 Å². The summed E-state index contributed by atoms with van der Waals surface area (Å²) in [7, 11) is 1.50. The van der Waals surface area contributed by atoms with Crippen molar-refractivity contribution in [3.8, 4) is 16.9 Å². The molecule has 0 saturated carbocycles. The molecule has 0 aliphatic rings. The van der Waals surface area contributed by atoms with Gasteiger partial charge in [-0.15, -0.1) is 0 Å². The average Bonchev–Trinajstić information content (AvgIpc) is 2.82. The molecule has 6 heteroatoms. The van der Waals surface area contributed by atoms with Crippen molar-refractivity contribution in [2.75, 3.05) is 7.11 Å². The first-order chi connectivity index (χ1) is 16.2. The van der Waals surface area contributed by atoms with Gasteiger partial charge in [0.1, 0.15) is 11.6 Å². The Morgan fingerprint density at radius 2 is 1.44 bits per heavy atom. The second-order valence-electron chi connectivity index (χ2n) is 8.40. The van der Waals surface area contributed by atoms with E-state index < -0.39 is 11.7 Å². The zero-order valence-electron chi connectivity index (χ0n) is 19.1. The van der Waals surface area contributed by atoms with E-state index in [1.807, 2.05) is 44.2 Å². The molecule has 0 aliphatic heterocycles. The molecule has 2 atom stereocenters. The van der Waals surface area contributed by atoms with Crippen LogP contribution < -0.4 is 10.1 Å². The van der Waals surface area contributed by atoms with Crippen molar-refractivity contribution in [2.45, 2.75) is 32.1 Å². The molecule has 4 aromatic rings. The summed E-state index contributed by atoms with van der Waals surface area (Å²) < 4.78 is 58.3. The summed E-state index contributed by atoms with van der Waals surface area (Å²) in [6.07, 6.45) is -4.38. The smallest absolute Gasteiger partial charge is 0.416 e. The molecule has 0 radical (unpaired) electrons. The quantitative estimate of drug-likeness (QED) is 0.289. The van der Waals surface area contributed by atoms with Crippen LogP contribution >= 0.6 is 0 Å². The lowest BCUT2D eigenvalue weighted by Gasteiger charge is -2.23. The van der Waals surface area contributed by atoms with E-state index in [0.717, 1.165) is 39.6 Å². The Morgan fingerprint density at radius 3 is 2.09 bits per heavy atom. The molecule has 34 heavy (non-hydrogen) atoms. The van der Waals surface area contributed by atoms with Crippen LogP contribution in [0.2, 0.25) is 0 Å². The minimum absolute atomic E-state index is 0.109. The van der Waals surface area contributed by atoms with Gasteiger partial charge in [0.15, 0.2) is 0 Å².